The van der Waals surface area contributed by atoms with Crippen molar-refractivity contribution in [2.45, 2.75) is 38.6 Å². The molecule has 5 rings (SSSR count). The smallest absolute Gasteiger partial charge is 0.315 e. The van der Waals surface area contributed by atoms with Gasteiger partial charge < -0.3 is 16.0 Å². The first-order valence-electron chi connectivity index (χ1n) is 10.6. The summed E-state index contributed by atoms with van der Waals surface area (Å²) in [6.45, 7) is 0.831. The third kappa shape index (κ3) is 3.64. The van der Waals surface area contributed by atoms with Gasteiger partial charge in [0.15, 0.2) is 0 Å². The Morgan fingerprint density at radius 1 is 1.20 bits per heavy atom. The summed E-state index contributed by atoms with van der Waals surface area (Å²) in [6.07, 6.45) is 7.02. The van der Waals surface area contributed by atoms with Crippen molar-refractivity contribution < 1.29 is 14.0 Å². The summed E-state index contributed by atoms with van der Waals surface area (Å²) >= 11 is 0. The zero-order valence-electron chi connectivity index (χ0n) is 16.7. The van der Waals surface area contributed by atoms with E-state index in [4.69, 9.17) is 0 Å². The molecule has 3 N–H and O–H groups in total. The molecule has 1 aliphatic heterocycles. The number of hydrogen-bond donors (Lipinski definition) is 3. The van der Waals surface area contributed by atoms with Gasteiger partial charge >= 0.3 is 6.03 Å². The Balaban J connectivity index is 1.19. The van der Waals surface area contributed by atoms with Crippen LogP contribution in [-0.4, -0.2) is 23.5 Å². The van der Waals surface area contributed by atoms with E-state index in [2.05, 4.69) is 20.9 Å². The molecule has 3 aliphatic rings. The standard InChI is InChI=1S/C23H25FN4O2/c24-20-9-15(18-5-6-25-22-19(18)10-21(29)28-22)3-4-16(20)11-26-23(30)27-12-17-8-13-1-2-14(17)7-13/h3-6,9,13-14,17H,1-2,7-8,10-12H2,(H,25,28,29)(H2,26,27,30). The highest BCUT2D eigenvalue weighted by atomic mass is 19.1. The predicted octanol–water partition coefficient (Wildman–Crippen LogP) is 3.62. The molecule has 2 aliphatic carbocycles. The Morgan fingerprint density at radius 3 is 2.87 bits per heavy atom. The molecular formula is C23H25FN4O2. The maximum absolute atomic E-state index is 14.7. The molecule has 6 nitrogen and oxygen atoms in total. The Morgan fingerprint density at radius 2 is 2.10 bits per heavy atom. The molecule has 2 fully saturated rings. The van der Waals surface area contributed by atoms with Crippen molar-refractivity contribution in [2.75, 3.05) is 11.9 Å². The van der Waals surface area contributed by atoms with E-state index in [9.17, 15) is 14.0 Å². The van der Waals surface area contributed by atoms with Crippen LogP contribution < -0.4 is 16.0 Å². The van der Waals surface area contributed by atoms with Crippen LogP contribution in [0.4, 0.5) is 15.0 Å². The highest BCUT2D eigenvalue weighted by Crippen LogP contribution is 2.47. The fraction of sp³-hybridized carbons (Fsp3) is 0.435. The van der Waals surface area contributed by atoms with E-state index in [-0.39, 0.29) is 30.7 Å². The fourth-order valence-corrected chi connectivity index (χ4v) is 5.33. The summed E-state index contributed by atoms with van der Waals surface area (Å²) in [6, 6.07) is 6.47. The van der Waals surface area contributed by atoms with Crippen molar-refractivity contribution in [2.24, 2.45) is 17.8 Å². The van der Waals surface area contributed by atoms with Gasteiger partial charge in [0.2, 0.25) is 5.91 Å². The molecule has 2 heterocycles. The summed E-state index contributed by atoms with van der Waals surface area (Å²) in [4.78, 5) is 28.0. The van der Waals surface area contributed by atoms with Crippen molar-refractivity contribution in [3.8, 4) is 11.1 Å². The molecule has 2 bridgehead atoms. The minimum atomic E-state index is -0.385. The monoisotopic (exact) mass is 408 g/mol. The van der Waals surface area contributed by atoms with E-state index in [1.807, 2.05) is 6.07 Å². The van der Waals surface area contributed by atoms with Crippen molar-refractivity contribution in [1.29, 1.82) is 0 Å². The molecule has 1 aromatic heterocycles. The van der Waals surface area contributed by atoms with Crippen molar-refractivity contribution in [3.05, 3.63) is 47.4 Å². The molecule has 3 unspecified atom stereocenters. The average Bonchev–Trinajstić information content (AvgIpc) is 3.45. The van der Waals surface area contributed by atoms with Gasteiger partial charge in [-0.15, -0.1) is 0 Å². The van der Waals surface area contributed by atoms with Crippen LogP contribution in [0.25, 0.3) is 11.1 Å². The molecule has 0 radical (unpaired) electrons. The second kappa shape index (κ2) is 7.70. The van der Waals surface area contributed by atoms with Gasteiger partial charge in [0.25, 0.3) is 0 Å². The number of carbonyl (C=O) groups excluding carboxylic acids is 2. The number of amides is 3. The fourth-order valence-electron chi connectivity index (χ4n) is 5.33. The number of carbonyl (C=O) groups is 2. The van der Waals surface area contributed by atoms with E-state index in [1.165, 1.54) is 31.7 Å². The number of rotatable bonds is 5. The number of halogens is 1. The van der Waals surface area contributed by atoms with Crippen molar-refractivity contribution in [3.63, 3.8) is 0 Å². The van der Waals surface area contributed by atoms with Crippen LogP contribution in [0.2, 0.25) is 0 Å². The van der Waals surface area contributed by atoms with E-state index >= 15 is 0 Å². The minimum absolute atomic E-state index is 0.109. The molecule has 2 aromatic rings. The van der Waals surface area contributed by atoms with Gasteiger partial charge in [-0.05, 0) is 60.3 Å². The predicted molar refractivity (Wildman–Crippen MR) is 111 cm³/mol. The van der Waals surface area contributed by atoms with Gasteiger partial charge in [0.1, 0.15) is 11.6 Å². The van der Waals surface area contributed by atoms with Gasteiger partial charge in [0, 0.05) is 30.4 Å². The van der Waals surface area contributed by atoms with E-state index < -0.39 is 0 Å². The van der Waals surface area contributed by atoms with Crippen molar-refractivity contribution >= 4 is 17.8 Å². The van der Waals surface area contributed by atoms with Crippen LogP contribution in [0.3, 0.4) is 0 Å². The molecular weight excluding hydrogens is 383 g/mol. The van der Waals surface area contributed by atoms with Gasteiger partial charge in [-0.1, -0.05) is 18.6 Å². The van der Waals surface area contributed by atoms with Gasteiger partial charge in [0.05, 0.1) is 6.42 Å². The highest BCUT2D eigenvalue weighted by Gasteiger charge is 2.39. The quantitative estimate of drug-likeness (QED) is 0.707. The molecule has 3 amide bonds. The second-order valence-corrected chi connectivity index (χ2v) is 8.72. The number of aromatic nitrogens is 1. The zero-order valence-corrected chi connectivity index (χ0v) is 16.7. The largest absolute Gasteiger partial charge is 0.338 e. The molecule has 156 valence electrons. The lowest BCUT2D eigenvalue weighted by atomic mass is 9.89. The Hall–Kier alpha value is -2.96. The first-order valence-corrected chi connectivity index (χ1v) is 10.6. The molecule has 7 heteroatoms. The van der Waals surface area contributed by atoms with E-state index in [1.54, 1.807) is 18.3 Å². The second-order valence-electron chi connectivity index (χ2n) is 8.72. The van der Waals surface area contributed by atoms with Crippen LogP contribution in [-0.2, 0) is 17.8 Å². The Bertz CT molecular complexity index is 1010. The lowest BCUT2D eigenvalue weighted by Gasteiger charge is -2.21. The van der Waals surface area contributed by atoms with Crippen molar-refractivity contribution in [1.82, 2.24) is 15.6 Å². The summed E-state index contributed by atoms with van der Waals surface area (Å²) in [7, 11) is 0. The van der Waals surface area contributed by atoms with Crippen LogP contribution in [0.5, 0.6) is 0 Å². The number of urea groups is 1. The first-order chi connectivity index (χ1) is 14.6. The summed E-state index contributed by atoms with van der Waals surface area (Å²) < 4.78 is 14.7. The number of nitrogens with one attached hydrogen (secondary N) is 3. The SMILES string of the molecule is O=C1Cc2c(-c3ccc(CNC(=O)NCC4CC5CCC4C5)c(F)c3)ccnc2N1. The number of anilines is 1. The first kappa shape index (κ1) is 19.0. The number of fused-ring (bicyclic) bond motifs is 3. The molecule has 30 heavy (non-hydrogen) atoms. The third-order valence-corrected chi connectivity index (χ3v) is 6.86. The molecule has 2 saturated carbocycles. The minimum Gasteiger partial charge on any atom is -0.338 e. The Kier molecular flexibility index (Phi) is 4.89. The summed E-state index contributed by atoms with van der Waals surface area (Å²) in [5, 5.41) is 8.42. The summed E-state index contributed by atoms with van der Waals surface area (Å²) in [5.41, 5.74) is 2.69. The van der Waals surface area contributed by atoms with Crippen LogP contribution in [0.1, 0.15) is 36.8 Å². The Labute approximate surface area is 174 Å². The molecule has 0 spiro atoms. The average molecular weight is 408 g/mol. The highest BCUT2D eigenvalue weighted by molar-refractivity contribution is 6.00. The number of pyridine rings is 1. The maximum atomic E-state index is 14.7. The molecule has 1 aromatic carbocycles. The number of hydrogen-bond acceptors (Lipinski definition) is 3. The van der Waals surface area contributed by atoms with E-state index in [0.29, 0.717) is 29.4 Å². The molecule has 0 saturated heterocycles. The normalized spacial score (nSPS) is 23.9. The van der Waals surface area contributed by atoms with Crippen LogP contribution in [0, 0.1) is 23.6 Å². The third-order valence-electron chi connectivity index (χ3n) is 6.86. The topological polar surface area (TPSA) is 83.1 Å². The van der Waals surface area contributed by atoms with Gasteiger partial charge in [-0.25, -0.2) is 14.2 Å². The molecule has 3 atom stereocenters. The lowest BCUT2D eigenvalue weighted by molar-refractivity contribution is -0.115. The van der Waals surface area contributed by atoms with Gasteiger partial charge in [-0.3, -0.25) is 4.79 Å². The van der Waals surface area contributed by atoms with Crippen LogP contribution in [0.15, 0.2) is 30.5 Å². The maximum Gasteiger partial charge on any atom is 0.315 e. The van der Waals surface area contributed by atoms with E-state index in [0.717, 1.165) is 23.0 Å². The summed E-state index contributed by atoms with van der Waals surface area (Å²) in [5.74, 6) is 2.25. The number of nitrogens with zero attached hydrogens (tertiary/aromatic N) is 1. The van der Waals surface area contributed by atoms with Crippen LogP contribution >= 0.6 is 0 Å². The lowest BCUT2D eigenvalue weighted by Crippen LogP contribution is -2.39. The van der Waals surface area contributed by atoms with Gasteiger partial charge in [-0.2, -0.15) is 0 Å². The zero-order chi connectivity index (χ0) is 20.7. The number of benzene rings is 1.